The minimum absolute atomic E-state index is 0.00244. The van der Waals surface area contributed by atoms with Crippen LogP contribution in [0.2, 0.25) is 0 Å². The highest BCUT2D eigenvalue weighted by Gasteiger charge is 2.21. The first-order chi connectivity index (χ1) is 8.86. The van der Waals surface area contributed by atoms with E-state index in [1.807, 2.05) is 13.8 Å². The topological polar surface area (TPSA) is 72.6 Å². The van der Waals surface area contributed by atoms with E-state index in [1.54, 1.807) is 31.3 Å². The Balaban J connectivity index is 2.52. The molecule has 0 saturated carbocycles. The van der Waals surface area contributed by atoms with Crippen LogP contribution in [-0.4, -0.2) is 38.2 Å². The molecule has 0 radical (unpaired) electrons. The first kappa shape index (κ1) is 15.8. The molecule has 0 bridgehead atoms. The van der Waals surface area contributed by atoms with Crippen LogP contribution in [0.3, 0.4) is 0 Å². The highest BCUT2D eigenvalue weighted by Crippen LogP contribution is 2.15. The van der Waals surface area contributed by atoms with Crippen LogP contribution in [0.5, 0.6) is 5.75 Å². The Morgan fingerprint density at radius 1 is 1.42 bits per heavy atom. The lowest BCUT2D eigenvalue weighted by Gasteiger charge is -2.23. The van der Waals surface area contributed by atoms with E-state index in [0.29, 0.717) is 11.4 Å². The van der Waals surface area contributed by atoms with E-state index in [0.717, 1.165) is 6.42 Å². The maximum Gasteiger partial charge on any atom is 0.217 e. The first-order valence-electron chi connectivity index (χ1n) is 6.31. The van der Waals surface area contributed by atoms with Gasteiger partial charge < -0.3 is 10.5 Å². The Morgan fingerprint density at radius 3 is 2.68 bits per heavy atom. The second-order valence-corrected chi connectivity index (χ2v) is 6.66. The van der Waals surface area contributed by atoms with Crippen LogP contribution in [0.25, 0.3) is 0 Å². The van der Waals surface area contributed by atoms with Crippen molar-refractivity contribution in [1.82, 2.24) is 4.31 Å². The van der Waals surface area contributed by atoms with Crippen molar-refractivity contribution in [2.75, 3.05) is 25.1 Å². The molecule has 0 fully saturated rings. The van der Waals surface area contributed by atoms with E-state index in [2.05, 4.69) is 0 Å². The standard InChI is InChI=1S/C13H22N2O3S/c1-4-11(2)15(3)19(16,17)9-8-18-13-7-5-6-12(14)10-13/h5-7,10-11H,4,8-9,14H2,1-3H3. The molecule has 1 unspecified atom stereocenters. The molecule has 0 aliphatic heterocycles. The van der Waals surface area contributed by atoms with Crippen molar-refractivity contribution in [3.63, 3.8) is 0 Å². The predicted molar refractivity (Wildman–Crippen MR) is 77.7 cm³/mol. The Labute approximate surface area is 115 Å². The lowest BCUT2D eigenvalue weighted by molar-refractivity contribution is 0.330. The van der Waals surface area contributed by atoms with E-state index < -0.39 is 10.0 Å². The maximum atomic E-state index is 12.0. The number of benzene rings is 1. The number of hydrogen-bond donors (Lipinski definition) is 1. The summed E-state index contributed by atoms with van der Waals surface area (Å²) in [5.74, 6) is 0.546. The van der Waals surface area contributed by atoms with Crippen molar-refractivity contribution in [1.29, 1.82) is 0 Å². The molecule has 2 N–H and O–H groups in total. The fourth-order valence-electron chi connectivity index (χ4n) is 1.54. The number of ether oxygens (including phenoxy) is 1. The zero-order valence-corrected chi connectivity index (χ0v) is 12.5. The number of sulfonamides is 1. The normalized spacial score (nSPS) is 13.5. The quantitative estimate of drug-likeness (QED) is 0.774. The number of hydrogen-bond acceptors (Lipinski definition) is 4. The summed E-state index contributed by atoms with van der Waals surface area (Å²) in [4.78, 5) is 0. The fraction of sp³-hybridized carbons (Fsp3) is 0.538. The first-order valence-corrected chi connectivity index (χ1v) is 7.91. The summed E-state index contributed by atoms with van der Waals surface area (Å²) >= 11 is 0. The molecule has 108 valence electrons. The predicted octanol–water partition coefficient (Wildman–Crippen LogP) is 1.71. The second-order valence-electron chi connectivity index (χ2n) is 4.51. The van der Waals surface area contributed by atoms with Gasteiger partial charge in [-0.1, -0.05) is 13.0 Å². The third kappa shape index (κ3) is 4.72. The molecule has 6 heteroatoms. The summed E-state index contributed by atoms with van der Waals surface area (Å²) in [6, 6.07) is 6.94. The second kappa shape index (κ2) is 6.77. The smallest absolute Gasteiger partial charge is 0.217 e. The summed E-state index contributed by atoms with van der Waals surface area (Å²) in [6.45, 7) is 3.96. The van der Waals surface area contributed by atoms with Gasteiger partial charge in [-0.2, -0.15) is 0 Å². The van der Waals surface area contributed by atoms with Crippen molar-refractivity contribution in [2.24, 2.45) is 0 Å². The van der Waals surface area contributed by atoms with E-state index in [-0.39, 0.29) is 18.4 Å². The SMILES string of the molecule is CCC(C)N(C)S(=O)(=O)CCOc1cccc(N)c1. The molecular weight excluding hydrogens is 264 g/mol. The zero-order chi connectivity index (χ0) is 14.5. The monoisotopic (exact) mass is 286 g/mol. The van der Waals surface area contributed by atoms with Crippen LogP contribution in [0.1, 0.15) is 20.3 Å². The van der Waals surface area contributed by atoms with Gasteiger partial charge in [0.05, 0.1) is 5.75 Å². The molecule has 1 rings (SSSR count). The summed E-state index contributed by atoms with van der Waals surface area (Å²) in [7, 11) is -1.67. The van der Waals surface area contributed by atoms with Gasteiger partial charge in [0.1, 0.15) is 12.4 Å². The molecule has 5 nitrogen and oxygen atoms in total. The third-order valence-corrected chi connectivity index (χ3v) is 5.04. The van der Waals surface area contributed by atoms with Gasteiger partial charge >= 0.3 is 0 Å². The molecule has 0 spiro atoms. The number of nitrogen functional groups attached to an aromatic ring is 1. The van der Waals surface area contributed by atoms with Crippen LogP contribution >= 0.6 is 0 Å². The van der Waals surface area contributed by atoms with Gasteiger partial charge in [0, 0.05) is 24.8 Å². The molecule has 0 heterocycles. The van der Waals surface area contributed by atoms with E-state index in [1.165, 1.54) is 4.31 Å². The fourth-order valence-corrected chi connectivity index (χ4v) is 2.82. The maximum absolute atomic E-state index is 12.0. The largest absolute Gasteiger partial charge is 0.492 e. The van der Waals surface area contributed by atoms with E-state index >= 15 is 0 Å². The number of rotatable bonds is 7. The summed E-state index contributed by atoms with van der Waals surface area (Å²) in [5, 5.41) is 0. The average molecular weight is 286 g/mol. The van der Waals surface area contributed by atoms with Crippen LogP contribution in [0.15, 0.2) is 24.3 Å². The third-order valence-electron chi connectivity index (χ3n) is 3.12. The van der Waals surface area contributed by atoms with Gasteiger partial charge in [-0.15, -0.1) is 0 Å². The van der Waals surface area contributed by atoms with Gasteiger partial charge in [-0.05, 0) is 25.5 Å². The van der Waals surface area contributed by atoms with Gasteiger partial charge in [0.25, 0.3) is 0 Å². The van der Waals surface area contributed by atoms with Gasteiger partial charge in [0.15, 0.2) is 0 Å². The van der Waals surface area contributed by atoms with E-state index in [4.69, 9.17) is 10.5 Å². The Bertz CT molecular complexity index is 502. The molecule has 0 aliphatic rings. The van der Waals surface area contributed by atoms with Gasteiger partial charge in [0.2, 0.25) is 10.0 Å². The molecule has 19 heavy (non-hydrogen) atoms. The molecule has 0 aliphatic carbocycles. The van der Waals surface area contributed by atoms with Crippen molar-refractivity contribution in [2.45, 2.75) is 26.3 Å². The average Bonchev–Trinajstić information content (AvgIpc) is 2.36. The number of nitrogens with two attached hydrogens (primary N) is 1. The van der Waals surface area contributed by atoms with Crippen molar-refractivity contribution >= 4 is 15.7 Å². The van der Waals surface area contributed by atoms with Gasteiger partial charge in [-0.3, -0.25) is 0 Å². The van der Waals surface area contributed by atoms with Crippen molar-refractivity contribution in [3.8, 4) is 5.75 Å². The molecular formula is C13H22N2O3S. The lowest BCUT2D eigenvalue weighted by Crippen LogP contribution is -2.37. The Morgan fingerprint density at radius 2 is 2.11 bits per heavy atom. The van der Waals surface area contributed by atoms with Crippen LogP contribution in [0, 0.1) is 0 Å². The van der Waals surface area contributed by atoms with E-state index in [9.17, 15) is 8.42 Å². The number of anilines is 1. The lowest BCUT2D eigenvalue weighted by atomic mass is 10.3. The number of nitrogens with zero attached hydrogens (tertiary/aromatic N) is 1. The van der Waals surface area contributed by atoms with Crippen LogP contribution in [0.4, 0.5) is 5.69 Å². The Hall–Kier alpha value is -1.27. The molecule has 0 amide bonds. The molecule has 0 saturated heterocycles. The minimum atomic E-state index is -3.27. The highest BCUT2D eigenvalue weighted by atomic mass is 32.2. The summed E-state index contributed by atoms with van der Waals surface area (Å²) in [6.07, 6.45) is 0.784. The highest BCUT2D eigenvalue weighted by molar-refractivity contribution is 7.89. The van der Waals surface area contributed by atoms with Gasteiger partial charge in [-0.25, -0.2) is 12.7 Å². The van der Waals surface area contributed by atoms with Crippen LogP contribution < -0.4 is 10.5 Å². The molecule has 0 aromatic heterocycles. The Kier molecular flexibility index (Phi) is 5.62. The minimum Gasteiger partial charge on any atom is -0.492 e. The summed E-state index contributed by atoms with van der Waals surface area (Å²) < 4.78 is 30.8. The summed E-state index contributed by atoms with van der Waals surface area (Å²) in [5.41, 5.74) is 6.21. The van der Waals surface area contributed by atoms with Crippen molar-refractivity contribution in [3.05, 3.63) is 24.3 Å². The zero-order valence-electron chi connectivity index (χ0n) is 11.7. The molecule has 1 atom stereocenters. The van der Waals surface area contributed by atoms with Crippen LogP contribution in [-0.2, 0) is 10.0 Å². The molecule has 1 aromatic carbocycles. The molecule has 1 aromatic rings. The van der Waals surface area contributed by atoms with Crippen molar-refractivity contribution < 1.29 is 13.2 Å².